The van der Waals surface area contributed by atoms with Gasteiger partial charge in [-0.2, -0.15) is 0 Å². The predicted octanol–water partition coefficient (Wildman–Crippen LogP) is 1.13. The summed E-state index contributed by atoms with van der Waals surface area (Å²) in [5, 5.41) is 0. The number of hydrogen-bond donors (Lipinski definition) is 1. The molecule has 2 heterocycles. The Morgan fingerprint density at radius 3 is 2.93 bits per heavy atom. The fourth-order valence-corrected chi connectivity index (χ4v) is 1.02. The molecule has 14 heavy (non-hydrogen) atoms. The highest BCUT2D eigenvalue weighted by Crippen LogP contribution is 2.16. The van der Waals surface area contributed by atoms with Gasteiger partial charge in [0.05, 0.1) is 11.8 Å². The van der Waals surface area contributed by atoms with Gasteiger partial charge in [0.25, 0.3) is 0 Å². The van der Waals surface area contributed by atoms with Crippen molar-refractivity contribution in [2.75, 3.05) is 5.73 Å². The third kappa shape index (κ3) is 1.35. The van der Waals surface area contributed by atoms with Gasteiger partial charge in [-0.05, 0) is 12.1 Å². The zero-order chi connectivity index (χ0) is 9.97. The molecule has 0 amide bonds. The van der Waals surface area contributed by atoms with Crippen LogP contribution < -0.4 is 5.73 Å². The summed E-state index contributed by atoms with van der Waals surface area (Å²) in [6, 6.07) is 3.44. The van der Waals surface area contributed by atoms with Crippen LogP contribution in [0.5, 0.6) is 0 Å². The Labute approximate surface area is 79.6 Å². The minimum atomic E-state index is 0.154. The number of aldehydes is 1. The van der Waals surface area contributed by atoms with E-state index in [1.54, 1.807) is 12.1 Å². The van der Waals surface area contributed by atoms with Gasteiger partial charge in [0.15, 0.2) is 17.9 Å². The van der Waals surface area contributed by atoms with E-state index in [4.69, 9.17) is 10.2 Å². The van der Waals surface area contributed by atoms with Crippen LogP contribution in [0.3, 0.4) is 0 Å². The number of nitrogens with zero attached hydrogens (tertiary/aromatic N) is 2. The minimum Gasteiger partial charge on any atom is -0.461 e. The highest BCUT2D eigenvalue weighted by Gasteiger charge is 2.06. The molecule has 0 aromatic carbocycles. The molecule has 5 heteroatoms. The Hall–Kier alpha value is -2.17. The van der Waals surface area contributed by atoms with Gasteiger partial charge in [-0.25, -0.2) is 9.97 Å². The number of carbonyl (C=O) groups is 1. The maximum Gasteiger partial charge on any atom is 0.197 e. The Bertz CT molecular complexity index is 451. The Morgan fingerprint density at radius 2 is 2.36 bits per heavy atom. The molecule has 0 radical (unpaired) electrons. The maximum atomic E-state index is 10.4. The molecular weight excluding hydrogens is 182 g/mol. The zero-order valence-corrected chi connectivity index (χ0v) is 7.18. The molecular formula is C9H7N3O2. The molecule has 2 aromatic rings. The number of rotatable bonds is 2. The smallest absolute Gasteiger partial charge is 0.197 e. The van der Waals surface area contributed by atoms with Crippen molar-refractivity contribution in [3.05, 3.63) is 30.2 Å². The molecule has 0 bridgehead atoms. The van der Waals surface area contributed by atoms with Crippen molar-refractivity contribution in [1.29, 1.82) is 0 Å². The summed E-state index contributed by atoms with van der Waals surface area (Å²) >= 11 is 0. The van der Waals surface area contributed by atoms with E-state index in [0.29, 0.717) is 17.9 Å². The summed E-state index contributed by atoms with van der Waals surface area (Å²) < 4.78 is 5.08. The van der Waals surface area contributed by atoms with E-state index >= 15 is 0 Å². The molecule has 0 atom stereocenters. The Balaban J connectivity index is 2.48. The van der Waals surface area contributed by atoms with Crippen LogP contribution in [-0.4, -0.2) is 16.3 Å². The quantitative estimate of drug-likeness (QED) is 0.716. The largest absolute Gasteiger partial charge is 0.461 e. The number of carbonyl (C=O) groups excluding carboxylic acids is 1. The summed E-state index contributed by atoms with van der Waals surface area (Å²) in [5.74, 6) is 1.05. The van der Waals surface area contributed by atoms with Gasteiger partial charge in [-0.1, -0.05) is 0 Å². The van der Waals surface area contributed by atoms with Crippen molar-refractivity contribution >= 4 is 12.1 Å². The lowest BCUT2D eigenvalue weighted by Crippen LogP contribution is -1.99. The minimum absolute atomic E-state index is 0.154. The molecule has 0 aliphatic heterocycles. The van der Waals surface area contributed by atoms with Gasteiger partial charge in [-0.3, -0.25) is 4.79 Å². The van der Waals surface area contributed by atoms with Crippen molar-refractivity contribution in [1.82, 2.24) is 9.97 Å². The fourth-order valence-electron chi connectivity index (χ4n) is 1.02. The lowest BCUT2D eigenvalue weighted by molar-refractivity contribution is 0.112. The first-order chi connectivity index (χ1) is 6.81. The second-order valence-corrected chi connectivity index (χ2v) is 2.63. The third-order valence-electron chi connectivity index (χ3n) is 1.72. The van der Waals surface area contributed by atoms with Crippen molar-refractivity contribution in [2.45, 2.75) is 0 Å². The normalized spacial score (nSPS) is 10.0. The second kappa shape index (κ2) is 3.29. The summed E-state index contributed by atoms with van der Waals surface area (Å²) in [6.45, 7) is 0. The van der Waals surface area contributed by atoms with Crippen molar-refractivity contribution < 1.29 is 9.21 Å². The third-order valence-corrected chi connectivity index (χ3v) is 1.72. The number of hydrogen-bond acceptors (Lipinski definition) is 5. The first-order valence-electron chi connectivity index (χ1n) is 3.93. The number of anilines is 1. The van der Waals surface area contributed by atoms with Gasteiger partial charge in [0.1, 0.15) is 5.82 Å². The summed E-state index contributed by atoms with van der Waals surface area (Å²) in [6.07, 6.45) is 3.50. The summed E-state index contributed by atoms with van der Waals surface area (Å²) in [4.78, 5) is 18.3. The monoisotopic (exact) mass is 189 g/mol. The lowest BCUT2D eigenvalue weighted by atomic mass is 10.3. The van der Waals surface area contributed by atoms with E-state index < -0.39 is 0 Å². The standard InChI is InChI=1S/C9H7N3O2/c10-8-6(5-13)4-11-9(12-8)7-2-1-3-14-7/h1-5H,(H2,10,11,12). The van der Waals surface area contributed by atoms with Crippen molar-refractivity contribution in [2.24, 2.45) is 0 Å². The molecule has 0 aliphatic carbocycles. The maximum absolute atomic E-state index is 10.4. The van der Waals surface area contributed by atoms with Crippen LogP contribution in [0.2, 0.25) is 0 Å². The molecule has 70 valence electrons. The summed E-state index contributed by atoms with van der Waals surface area (Å²) in [5.41, 5.74) is 5.79. The molecule has 0 spiro atoms. The van der Waals surface area contributed by atoms with E-state index in [0.717, 1.165) is 0 Å². The molecule has 2 aromatic heterocycles. The Morgan fingerprint density at radius 1 is 1.50 bits per heavy atom. The Kier molecular flexibility index (Phi) is 1.98. The lowest BCUT2D eigenvalue weighted by Gasteiger charge is -1.98. The van der Waals surface area contributed by atoms with Crippen LogP contribution in [0.25, 0.3) is 11.6 Å². The van der Waals surface area contributed by atoms with Gasteiger partial charge in [0.2, 0.25) is 0 Å². The average molecular weight is 189 g/mol. The highest BCUT2D eigenvalue weighted by molar-refractivity contribution is 5.81. The number of furan rings is 1. The topological polar surface area (TPSA) is 82.0 Å². The fraction of sp³-hybridized carbons (Fsp3) is 0. The van der Waals surface area contributed by atoms with Crippen LogP contribution >= 0.6 is 0 Å². The van der Waals surface area contributed by atoms with Crippen LogP contribution in [0, 0.1) is 0 Å². The molecule has 0 saturated carbocycles. The van der Waals surface area contributed by atoms with Gasteiger partial charge in [0, 0.05) is 6.20 Å². The molecule has 5 nitrogen and oxygen atoms in total. The SMILES string of the molecule is Nc1nc(-c2ccco2)ncc1C=O. The van der Waals surface area contributed by atoms with Crippen LogP contribution in [0.1, 0.15) is 10.4 Å². The van der Waals surface area contributed by atoms with Gasteiger partial charge in [-0.15, -0.1) is 0 Å². The highest BCUT2D eigenvalue weighted by atomic mass is 16.3. The van der Waals surface area contributed by atoms with E-state index in [9.17, 15) is 4.79 Å². The molecule has 0 fully saturated rings. The van der Waals surface area contributed by atoms with E-state index in [1.165, 1.54) is 12.5 Å². The zero-order valence-electron chi connectivity index (χ0n) is 7.18. The molecule has 2 N–H and O–H groups in total. The van der Waals surface area contributed by atoms with Gasteiger partial charge < -0.3 is 10.2 Å². The second-order valence-electron chi connectivity index (χ2n) is 2.63. The van der Waals surface area contributed by atoms with Crippen LogP contribution in [0.4, 0.5) is 5.82 Å². The first-order valence-corrected chi connectivity index (χ1v) is 3.93. The van der Waals surface area contributed by atoms with E-state index in [1.807, 2.05) is 0 Å². The predicted molar refractivity (Wildman–Crippen MR) is 49.5 cm³/mol. The number of aromatic nitrogens is 2. The number of nitrogen functional groups attached to an aromatic ring is 1. The summed E-state index contributed by atoms with van der Waals surface area (Å²) in [7, 11) is 0. The molecule has 0 unspecified atom stereocenters. The van der Waals surface area contributed by atoms with E-state index in [2.05, 4.69) is 9.97 Å². The van der Waals surface area contributed by atoms with Crippen molar-refractivity contribution in [3.8, 4) is 11.6 Å². The van der Waals surface area contributed by atoms with Crippen LogP contribution in [-0.2, 0) is 0 Å². The molecule has 0 aliphatic rings. The first kappa shape index (κ1) is 8.43. The van der Waals surface area contributed by atoms with E-state index in [-0.39, 0.29) is 11.4 Å². The number of nitrogens with two attached hydrogens (primary N) is 1. The molecule has 2 rings (SSSR count). The van der Waals surface area contributed by atoms with Crippen LogP contribution in [0.15, 0.2) is 29.0 Å². The van der Waals surface area contributed by atoms with Gasteiger partial charge >= 0.3 is 0 Å². The average Bonchev–Trinajstić information content (AvgIpc) is 2.70. The molecule has 0 saturated heterocycles. The van der Waals surface area contributed by atoms with Crippen molar-refractivity contribution in [3.63, 3.8) is 0 Å².